The molecule has 126 valence electrons. The Bertz CT molecular complexity index is 708. The van der Waals surface area contributed by atoms with Crippen LogP contribution in [0.1, 0.15) is 46.0 Å². The third-order valence-corrected chi connectivity index (χ3v) is 3.58. The summed E-state index contributed by atoms with van der Waals surface area (Å²) in [6.07, 6.45) is 0. The predicted molar refractivity (Wildman–Crippen MR) is 91.8 cm³/mol. The van der Waals surface area contributed by atoms with Gasteiger partial charge in [-0.25, -0.2) is 4.79 Å². The van der Waals surface area contributed by atoms with Gasteiger partial charge in [-0.15, -0.1) is 0 Å². The minimum absolute atomic E-state index is 0.153. The van der Waals surface area contributed by atoms with Gasteiger partial charge in [0.1, 0.15) is 12.4 Å². The first-order chi connectivity index (χ1) is 11.5. The molecular weight excluding hydrogens is 306 g/mol. The van der Waals surface area contributed by atoms with E-state index in [1.807, 2.05) is 24.3 Å². The number of nitrogens with one attached hydrogen (secondary N) is 1. The van der Waals surface area contributed by atoms with Gasteiger partial charge in [0.15, 0.2) is 0 Å². The Balaban J connectivity index is 1.84. The molecule has 1 amide bonds. The summed E-state index contributed by atoms with van der Waals surface area (Å²) in [5, 5.41) is 11.6. The van der Waals surface area contributed by atoms with Crippen molar-refractivity contribution in [1.29, 1.82) is 0 Å². The SMILES string of the molecule is CC(C)c1ccccc1OCCNC(=O)c1ccc(C(=O)O)cc1. The van der Waals surface area contributed by atoms with Crippen LogP contribution in [-0.2, 0) is 0 Å². The maximum atomic E-state index is 12.0. The lowest BCUT2D eigenvalue weighted by Gasteiger charge is -2.14. The molecule has 0 aliphatic rings. The first-order valence-corrected chi connectivity index (χ1v) is 7.82. The predicted octanol–water partition coefficient (Wildman–Crippen LogP) is 3.32. The molecule has 0 bridgehead atoms. The number of ether oxygens (including phenoxy) is 1. The summed E-state index contributed by atoms with van der Waals surface area (Å²) >= 11 is 0. The van der Waals surface area contributed by atoms with Gasteiger partial charge in [-0.2, -0.15) is 0 Å². The number of aromatic carboxylic acids is 1. The first-order valence-electron chi connectivity index (χ1n) is 7.82. The van der Waals surface area contributed by atoms with Gasteiger partial charge in [-0.3, -0.25) is 4.79 Å². The lowest BCUT2D eigenvalue weighted by Crippen LogP contribution is -2.28. The van der Waals surface area contributed by atoms with E-state index >= 15 is 0 Å². The normalized spacial score (nSPS) is 10.5. The number of carbonyl (C=O) groups excluding carboxylic acids is 1. The van der Waals surface area contributed by atoms with Crippen molar-refractivity contribution >= 4 is 11.9 Å². The van der Waals surface area contributed by atoms with Crippen LogP contribution >= 0.6 is 0 Å². The Kier molecular flexibility index (Phi) is 5.95. The second-order valence-electron chi connectivity index (χ2n) is 5.68. The van der Waals surface area contributed by atoms with E-state index in [1.165, 1.54) is 24.3 Å². The molecule has 0 aliphatic carbocycles. The molecule has 2 N–H and O–H groups in total. The third-order valence-electron chi connectivity index (χ3n) is 3.58. The molecule has 5 nitrogen and oxygen atoms in total. The number of rotatable bonds is 7. The van der Waals surface area contributed by atoms with Crippen LogP contribution in [0.15, 0.2) is 48.5 Å². The van der Waals surface area contributed by atoms with Crippen molar-refractivity contribution in [1.82, 2.24) is 5.32 Å². The van der Waals surface area contributed by atoms with E-state index < -0.39 is 5.97 Å². The molecule has 0 saturated carbocycles. The number of para-hydroxylation sites is 1. The standard InChI is InChI=1S/C19H21NO4/c1-13(2)16-5-3-4-6-17(16)24-12-11-20-18(21)14-7-9-15(10-8-14)19(22)23/h3-10,13H,11-12H2,1-2H3,(H,20,21)(H,22,23). The highest BCUT2D eigenvalue weighted by Gasteiger charge is 2.09. The molecule has 24 heavy (non-hydrogen) atoms. The molecule has 2 aromatic rings. The quantitative estimate of drug-likeness (QED) is 0.765. The second-order valence-corrected chi connectivity index (χ2v) is 5.68. The van der Waals surface area contributed by atoms with Gasteiger partial charge < -0.3 is 15.2 Å². The molecule has 0 unspecified atom stereocenters. The minimum Gasteiger partial charge on any atom is -0.491 e. The van der Waals surface area contributed by atoms with Crippen LogP contribution in [0.2, 0.25) is 0 Å². The van der Waals surface area contributed by atoms with Crippen LogP contribution in [0, 0.1) is 0 Å². The third kappa shape index (κ3) is 4.59. The van der Waals surface area contributed by atoms with Crippen LogP contribution in [-0.4, -0.2) is 30.1 Å². The molecule has 0 atom stereocenters. The van der Waals surface area contributed by atoms with Crippen molar-refractivity contribution < 1.29 is 19.4 Å². The fourth-order valence-electron chi connectivity index (χ4n) is 2.28. The molecule has 2 rings (SSSR count). The maximum Gasteiger partial charge on any atom is 0.335 e. The zero-order valence-corrected chi connectivity index (χ0v) is 13.8. The smallest absolute Gasteiger partial charge is 0.335 e. The molecule has 0 radical (unpaired) electrons. The van der Waals surface area contributed by atoms with E-state index in [1.54, 1.807) is 0 Å². The summed E-state index contributed by atoms with van der Waals surface area (Å²) in [5.74, 6) is -0.0806. The topological polar surface area (TPSA) is 75.6 Å². The average molecular weight is 327 g/mol. The van der Waals surface area contributed by atoms with Crippen LogP contribution in [0.3, 0.4) is 0 Å². The first kappa shape index (κ1) is 17.5. The van der Waals surface area contributed by atoms with Crippen molar-refractivity contribution in [3.63, 3.8) is 0 Å². The van der Waals surface area contributed by atoms with E-state index in [0.717, 1.165) is 11.3 Å². The lowest BCUT2D eigenvalue weighted by atomic mass is 10.0. The molecule has 0 aliphatic heterocycles. The lowest BCUT2D eigenvalue weighted by molar-refractivity contribution is 0.0696. The minimum atomic E-state index is -1.01. The van der Waals surface area contributed by atoms with Crippen LogP contribution in [0.5, 0.6) is 5.75 Å². The highest BCUT2D eigenvalue weighted by Crippen LogP contribution is 2.25. The van der Waals surface area contributed by atoms with Gasteiger partial charge in [0, 0.05) is 5.56 Å². The average Bonchev–Trinajstić information content (AvgIpc) is 2.58. The number of benzene rings is 2. The number of carbonyl (C=O) groups is 2. The number of hydrogen-bond donors (Lipinski definition) is 2. The van der Waals surface area contributed by atoms with E-state index in [4.69, 9.17) is 9.84 Å². The van der Waals surface area contributed by atoms with E-state index in [2.05, 4.69) is 19.2 Å². The summed E-state index contributed by atoms with van der Waals surface area (Å²) in [6, 6.07) is 13.7. The van der Waals surface area contributed by atoms with E-state index in [9.17, 15) is 9.59 Å². The molecule has 2 aromatic carbocycles. The zero-order valence-electron chi connectivity index (χ0n) is 13.8. The number of amides is 1. The Morgan fingerprint density at radius 3 is 2.29 bits per heavy atom. The molecule has 0 heterocycles. The maximum absolute atomic E-state index is 12.0. The van der Waals surface area contributed by atoms with Gasteiger partial charge in [0.05, 0.1) is 12.1 Å². The van der Waals surface area contributed by atoms with Crippen molar-refractivity contribution in [3.05, 3.63) is 65.2 Å². The fourth-order valence-corrected chi connectivity index (χ4v) is 2.28. The summed E-state index contributed by atoms with van der Waals surface area (Å²) in [5.41, 5.74) is 1.70. The molecule has 0 fully saturated rings. The summed E-state index contributed by atoms with van der Waals surface area (Å²) in [4.78, 5) is 22.8. The van der Waals surface area contributed by atoms with Gasteiger partial charge in [0.2, 0.25) is 0 Å². The molecule has 0 saturated heterocycles. The van der Waals surface area contributed by atoms with Gasteiger partial charge in [-0.05, 0) is 41.8 Å². The van der Waals surface area contributed by atoms with E-state index in [-0.39, 0.29) is 11.5 Å². The summed E-state index contributed by atoms with van der Waals surface area (Å²) in [6.45, 7) is 4.93. The van der Waals surface area contributed by atoms with Gasteiger partial charge in [0.25, 0.3) is 5.91 Å². The number of hydrogen-bond acceptors (Lipinski definition) is 3. The second kappa shape index (κ2) is 8.15. The fraction of sp³-hybridized carbons (Fsp3) is 0.263. The Hall–Kier alpha value is -2.82. The van der Waals surface area contributed by atoms with Crippen molar-refractivity contribution in [3.8, 4) is 5.75 Å². The van der Waals surface area contributed by atoms with Gasteiger partial charge >= 0.3 is 5.97 Å². The van der Waals surface area contributed by atoms with Gasteiger partial charge in [-0.1, -0.05) is 32.0 Å². The highest BCUT2D eigenvalue weighted by atomic mass is 16.5. The van der Waals surface area contributed by atoms with Crippen LogP contribution < -0.4 is 10.1 Å². The number of carboxylic acid groups (broad SMARTS) is 1. The zero-order chi connectivity index (χ0) is 17.5. The van der Waals surface area contributed by atoms with Crippen molar-refractivity contribution in [2.24, 2.45) is 0 Å². The Labute approximate surface area is 141 Å². The Morgan fingerprint density at radius 1 is 1.04 bits per heavy atom. The molecule has 0 spiro atoms. The molecule has 5 heteroatoms. The van der Waals surface area contributed by atoms with Crippen molar-refractivity contribution in [2.45, 2.75) is 19.8 Å². The monoisotopic (exact) mass is 327 g/mol. The Morgan fingerprint density at radius 2 is 1.67 bits per heavy atom. The van der Waals surface area contributed by atoms with E-state index in [0.29, 0.717) is 24.6 Å². The largest absolute Gasteiger partial charge is 0.491 e. The van der Waals surface area contributed by atoms with Crippen LogP contribution in [0.25, 0.3) is 0 Å². The van der Waals surface area contributed by atoms with Crippen LogP contribution in [0.4, 0.5) is 0 Å². The van der Waals surface area contributed by atoms with Crippen molar-refractivity contribution in [2.75, 3.05) is 13.2 Å². The number of carboxylic acids is 1. The highest BCUT2D eigenvalue weighted by molar-refractivity contribution is 5.95. The summed E-state index contributed by atoms with van der Waals surface area (Å²) in [7, 11) is 0. The molecular formula is C19H21NO4. The summed E-state index contributed by atoms with van der Waals surface area (Å²) < 4.78 is 5.74. The molecule has 0 aromatic heterocycles.